The number of rotatable bonds is 4. The first-order valence-corrected chi connectivity index (χ1v) is 11.0. The summed E-state index contributed by atoms with van der Waals surface area (Å²) in [7, 11) is 0. The Balaban J connectivity index is 1.73. The highest BCUT2D eigenvalue weighted by Crippen LogP contribution is 2.52. The summed E-state index contributed by atoms with van der Waals surface area (Å²) >= 11 is 3.50. The molecule has 1 saturated carbocycles. The number of halogens is 1. The van der Waals surface area contributed by atoms with Gasteiger partial charge in [0.1, 0.15) is 11.5 Å². The fourth-order valence-electron chi connectivity index (χ4n) is 5.18. The van der Waals surface area contributed by atoms with Crippen molar-refractivity contribution in [2.45, 2.75) is 56.8 Å². The number of aromatic hydroxyl groups is 2. The Morgan fingerprint density at radius 3 is 2.50 bits per heavy atom. The molecular weight excluding hydrogens is 388 g/mol. The summed E-state index contributed by atoms with van der Waals surface area (Å²) < 4.78 is 0. The highest BCUT2D eigenvalue weighted by molar-refractivity contribution is 9.09. The van der Waals surface area contributed by atoms with E-state index in [9.17, 15) is 10.2 Å². The summed E-state index contributed by atoms with van der Waals surface area (Å²) in [5, 5.41) is 21.2. The molecule has 2 aliphatic rings. The van der Waals surface area contributed by atoms with Crippen molar-refractivity contribution >= 4 is 15.9 Å². The summed E-state index contributed by atoms with van der Waals surface area (Å²) in [4.78, 5) is 0. The van der Waals surface area contributed by atoms with Crippen LogP contribution in [0.4, 0.5) is 0 Å². The van der Waals surface area contributed by atoms with E-state index in [0.717, 1.165) is 30.2 Å². The maximum atomic E-state index is 10.6. The van der Waals surface area contributed by atoms with Crippen LogP contribution in [0.1, 0.15) is 66.2 Å². The average Bonchev–Trinajstić information content (AvgIpc) is 2.67. The van der Waals surface area contributed by atoms with Crippen LogP contribution in [0.15, 0.2) is 36.4 Å². The maximum Gasteiger partial charge on any atom is 0.119 e. The zero-order chi connectivity index (χ0) is 18.1. The van der Waals surface area contributed by atoms with Crippen molar-refractivity contribution in [2.75, 3.05) is 5.33 Å². The summed E-state index contributed by atoms with van der Waals surface area (Å²) in [6.45, 7) is 0. The molecule has 0 unspecified atom stereocenters. The van der Waals surface area contributed by atoms with Crippen LogP contribution in [0.2, 0.25) is 0 Å². The molecule has 0 aromatic heterocycles. The molecule has 2 nitrogen and oxygen atoms in total. The molecule has 3 atom stereocenters. The fraction of sp³-hybridized carbons (Fsp3) is 0.478. The molecule has 2 aromatic rings. The minimum atomic E-state index is 0.340. The largest absolute Gasteiger partial charge is 0.508 e. The lowest BCUT2D eigenvalue weighted by Crippen LogP contribution is -2.31. The Morgan fingerprint density at radius 1 is 0.962 bits per heavy atom. The number of phenols is 2. The van der Waals surface area contributed by atoms with E-state index in [2.05, 4.69) is 40.2 Å². The predicted octanol–water partition coefficient (Wildman–Crippen LogP) is 6.04. The van der Waals surface area contributed by atoms with Gasteiger partial charge >= 0.3 is 0 Å². The van der Waals surface area contributed by atoms with Crippen LogP contribution in [0.5, 0.6) is 11.5 Å². The molecule has 0 spiro atoms. The lowest BCUT2D eigenvalue weighted by Gasteiger charge is -2.43. The van der Waals surface area contributed by atoms with Gasteiger partial charge < -0.3 is 10.2 Å². The topological polar surface area (TPSA) is 40.5 Å². The van der Waals surface area contributed by atoms with E-state index in [4.69, 9.17) is 0 Å². The van der Waals surface area contributed by atoms with Gasteiger partial charge in [-0.25, -0.2) is 0 Å². The first-order valence-electron chi connectivity index (χ1n) is 9.87. The predicted molar refractivity (Wildman–Crippen MR) is 109 cm³/mol. The minimum Gasteiger partial charge on any atom is -0.508 e. The van der Waals surface area contributed by atoms with Gasteiger partial charge in [0, 0.05) is 5.33 Å². The second-order valence-corrected chi connectivity index (χ2v) is 8.72. The van der Waals surface area contributed by atoms with Crippen LogP contribution in [0.25, 0.3) is 0 Å². The Bertz CT molecular complexity index is 769. The lowest BCUT2D eigenvalue weighted by atomic mass is 9.61. The molecule has 0 saturated heterocycles. The van der Waals surface area contributed by atoms with Crippen molar-refractivity contribution in [3.8, 4) is 11.5 Å². The molecule has 138 valence electrons. The standard InChI is InChI=1S/C23H27BrO2/c24-11-3-4-16-12-17-13-21(15-7-9-18(25)10-8-15)19-5-1-2-6-20(19)22(17)14-23(16)26/h7-10,12,14,19-21,25-26H,1-6,11,13H2/t19-,20+,21-/m0/s1. The third-order valence-corrected chi connectivity index (χ3v) is 6.98. The number of hydrogen-bond acceptors (Lipinski definition) is 2. The van der Waals surface area contributed by atoms with Gasteiger partial charge in [0.15, 0.2) is 0 Å². The number of fused-ring (bicyclic) bond motifs is 3. The fourth-order valence-corrected chi connectivity index (χ4v) is 5.46. The Hall–Kier alpha value is -1.48. The molecule has 0 aliphatic heterocycles. The van der Waals surface area contributed by atoms with Crippen molar-refractivity contribution < 1.29 is 10.2 Å². The molecule has 0 heterocycles. The smallest absolute Gasteiger partial charge is 0.119 e. The molecule has 3 heteroatoms. The van der Waals surface area contributed by atoms with E-state index in [1.165, 1.54) is 42.4 Å². The minimum absolute atomic E-state index is 0.340. The highest BCUT2D eigenvalue weighted by atomic mass is 79.9. The van der Waals surface area contributed by atoms with Crippen molar-refractivity contribution in [1.82, 2.24) is 0 Å². The van der Waals surface area contributed by atoms with E-state index < -0.39 is 0 Å². The normalized spacial score (nSPS) is 24.7. The molecule has 1 fully saturated rings. The van der Waals surface area contributed by atoms with Crippen LogP contribution in [0.3, 0.4) is 0 Å². The molecule has 0 bridgehead atoms. The SMILES string of the molecule is Oc1ccc([C@@H]2Cc3cc(CCCBr)c(O)cc3[C@@H]3CCCC[C@H]23)cc1. The van der Waals surface area contributed by atoms with Gasteiger partial charge in [0.05, 0.1) is 0 Å². The molecule has 2 N–H and O–H groups in total. The van der Waals surface area contributed by atoms with E-state index in [1.54, 1.807) is 0 Å². The van der Waals surface area contributed by atoms with Crippen LogP contribution in [-0.2, 0) is 12.8 Å². The van der Waals surface area contributed by atoms with Gasteiger partial charge in [-0.2, -0.15) is 0 Å². The van der Waals surface area contributed by atoms with Crippen molar-refractivity contribution in [1.29, 1.82) is 0 Å². The second kappa shape index (κ2) is 7.64. The quantitative estimate of drug-likeness (QED) is 0.598. The number of alkyl halides is 1. The summed E-state index contributed by atoms with van der Waals surface area (Å²) in [5.41, 5.74) is 5.25. The number of aryl methyl sites for hydroxylation is 1. The molecule has 4 rings (SSSR count). The van der Waals surface area contributed by atoms with Crippen LogP contribution >= 0.6 is 15.9 Å². The molecule has 2 aliphatic carbocycles. The maximum absolute atomic E-state index is 10.6. The number of benzene rings is 2. The summed E-state index contributed by atoms with van der Waals surface area (Å²) in [6, 6.07) is 12.2. The second-order valence-electron chi connectivity index (χ2n) is 7.93. The summed E-state index contributed by atoms with van der Waals surface area (Å²) in [5.74, 6) is 2.54. The van der Waals surface area contributed by atoms with Gasteiger partial charge in [-0.15, -0.1) is 0 Å². The molecule has 2 aromatic carbocycles. The van der Waals surface area contributed by atoms with Crippen molar-refractivity contribution in [3.05, 3.63) is 58.7 Å². The van der Waals surface area contributed by atoms with Crippen LogP contribution in [-0.4, -0.2) is 15.5 Å². The molecule has 0 radical (unpaired) electrons. The van der Waals surface area contributed by atoms with Gasteiger partial charge in [-0.05, 0) is 90.3 Å². The number of hydrogen-bond donors (Lipinski definition) is 2. The highest BCUT2D eigenvalue weighted by Gasteiger charge is 2.39. The monoisotopic (exact) mass is 414 g/mol. The first kappa shape index (κ1) is 17.9. The van der Waals surface area contributed by atoms with E-state index in [0.29, 0.717) is 29.3 Å². The summed E-state index contributed by atoms with van der Waals surface area (Å²) in [6.07, 6.45) is 8.09. The van der Waals surface area contributed by atoms with E-state index >= 15 is 0 Å². The Morgan fingerprint density at radius 2 is 1.73 bits per heavy atom. The zero-order valence-electron chi connectivity index (χ0n) is 15.1. The first-order chi connectivity index (χ1) is 12.7. The Kier molecular flexibility index (Phi) is 5.26. The van der Waals surface area contributed by atoms with Crippen molar-refractivity contribution in [2.24, 2.45) is 5.92 Å². The lowest BCUT2D eigenvalue weighted by molar-refractivity contribution is 0.242. The van der Waals surface area contributed by atoms with Crippen LogP contribution in [0, 0.1) is 5.92 Å². The van der Waals surface area contributed by atoms with Crippen molar-refractivity contribution in [3.63, 3.8) is 0 Å². The molecular formula is C23H27BrO2. The van der Waals surface area contributed by atoms with Gasteiger partial charge in [0.25, 0.3) is 0 Å². The zero-order valence-corrected chi connectivity index (χ0v) is 16.7. The van der Waals surface area contributed by atoms with Gasteiger partial charge in [-0.1, -0.05) is 47.0 Å². The van der Waals surface area contributed by atoms with E-state index in [-0.39, 0.29) is 0 Å². The third kappa shape index (κ3) is 3.38. The van der Waals surface area contributed by atoms with Crippen LogP contribution < -0.4 is 0 Å². The average molecular weight is 415 g/mol. The van der Waals surface area contributed by atoms with E-state index in [1.807, 2.05) is 12.1 Å². The van der Waals surface area contributed by atoms with Gasteiger partial charge in [-0.3, -0.25) is 0 Å². The van der Waals surface area contributed by atoms with Gasteiger partial charge in [0.2, 0.25) is 0 Å². The third-order valence-electron chi connectivity index (χ3n) is 6.42. The molecule has 0 amide bonds. The Labute approximate surface area is 164 Å². The number of phenolic OH excluding ortho intramolecular Hbond substituents is 2. The molecule has 26 heavy (non-hydrogen) atoms.